The predicted octanol–water partition coefficient (Wildman–Crippen LogP) is 2.60. The maximum atomic E-state index is 5.28. The van der Waals surface area contributed by atoms with Crippen molar-refractivity contribution in [3.63, 3.8) is 0 Å². The van der Waals surface area contributed by atoms with Crippen LogP contribution in [0.2, 0.25) is 0 Å². The lowest BCUT2D eigenvalue weighted by Crippen LogP contribution is -2.08. The van der Waals surface area contributed by atoms with Gasteiger partial charge in [-0.15, -0.1) is 0 Å². The van der Waals surface area contributed by atoms with Gasteiger partial charge in [-0.1, -0.05) is 57.5 Å². The van der Waals surface area contributed by atoms with E-state index in [0.29, 0.717) is 4.99 Å². The van der Waals surface area contributed by atoms with Crippen molar-refractivity contribution in [3.05, 3.63) is 37.0 Å². The number of allylic oxidation sites excluding steroid dienone is 2. The molecular weight excluding hydrogens is 154 g/mol. The number of nitrogens with two attached hydrogens (primary N) is 1. The Kier molecular flexibility index (Phi) is 10.6. The Morgan fingerprint density at radius 3 is 1.91 bits per heavy atom. The second kappa shape index (κ2) is 9.11. The lowest BCUT2D eigenvalue weighted by atomic mass is 10.2. The fraction of sp³-hybridized carbons (Fsp3) is 0.222. The maximum absolute atomic E-state index is 5.28. The van der Waals surface area contributed by atoms with Crippen LogP contribution in [0.25, 0.3) is 0 Å². The van der Waals surface area contributed by atoms with E-state index in [4.69, 9.17) is 5.73 Å². The van der Waals surface area contributed by atoms with Crippen LogP contribution in [-0.2, 0) is 0 Å². The van der Waals surface area contributed by atoms with E-state index < -0.39 is 0 Å². The molecule has 0 aromatic carbocycles. The number of hydrogen-bond acceptors (Lipinski definition) is 1. The zero-order valence-electron chi connectivity index (χ0n) is 7.13. The van der Waals surface area contributed by atoms with Gasteiger partial charge in [-0.05, 0) is 0 Å². The Morgan fingerprint density at radius 2 is 1.82 bits per heavy atom. The highest BCUT2D eigenvalue weighted by Crippen LogP contribution is 1.94. The normalized spacial score (nSPS) is 9.09. The van der Waals surface area contributed by atoms with Gasteiger partial charge in [-0.3, -0.25) is 0 Å². The van der Waals surface area contributed by atoms with Crippen LogP contribution in [0.3, 0.4) is 0 Å². The summed E-state index contributed by atoms with van der Waals surface area (Å²) in [7, 11) is 0. The van der Waals surface area contributed by atoms with Crippen LogP contribution in [0.4, 0.5) is 0 Å². The fourth-order valence-corrected chi connectivity index (χ4v) is 0.529. The Morgan fingerprint density at radius 1 is 1.36 bits per heavy atom. The molecule has 0 amide bonds. The summed E-state index contributed by atoms with van der Waals surface area (Å²) in [6.07, 6.45) is 4.94. The second-order valence-corrected chi connectivity index (χ2v) is 1.87. The van der Waals surface area contributed by atoms with Crippen LogP contribution in [-0.4, -0.2) is 4.99 Å². The second-order valence-electron chi connectivity index (χ2n) is 1.43. The molecule has 2 heteroatoms. The quantitative estimate of drug-likeness (QED) is 0.399. The minimum atomic E-state index is 0.352. The molecule has 0 aromatic rings. The van der Waals surface area contributed by atoms with Crippen LogP contribution < -0.4 is 5.73 Å². The summed E-state index contributed by atoms with van der Waals surface area (Å²) in [6.45, 7) is 11.0. The molecule has 0 heterocycles. The topological polar surface area (TPSA) is 26.0 Å². The van der Waals surface area contributed by atoms with E-state index in [1.165, 1.54) is 0 Å². The molecule has 0 bridgehead atoms. The summed E-state index contributed by atoms with van der Waals surface area (Å²) >= 11 is 4.67. The standard InChI is InChI=1S/C7H9NS.C2H6/c1-3-5-6(4-2)7(8)9;1-2/h3-5H,1-2H2,(H2,8,9);1-2H3/b6-5+;. The average molecular weight is 169 g/mol. The molecular formula is C9H15NS. The first-order chi connectivity index (χ1) is 5.22. The zero-order chi connectivity index (χ0) is 9.28. The van der Waals surface area contributed by atoms with Crippen molar-refractivity contribution < 1.29 is 0 Å². The van der Waals surface area contributed by atoms with Gasteiger partial charge in [0.1, 0.15) is 4.99 Å². The summed E-state index contributed by atoms with van der Waals surface area (Å²) in [5, 5.41) is 0. The minimum absolute atomic E-state index is 0.352. The van der Waals surface area contributed by atoms with Crippen molar-refractivity contribution in [2.75, 3.05) is 0 Å². The molecule has 0 aliphatic heterocycles. The molecule has 0 aliphatic rings. The van der Waals surface area contributed by atoms with Gasteiger partial charge in [0.05, 0.1) is 0 Å². The van der Waals surface area contributed by atoms with Gasteiger partial charge in [-0.25, -0.2) is 0 Å². The largest absolute Gasteiger partial charge is 0.389 e. The van der Waals surface area contributed by atoms with Crippen molar-refractivity contribution >= 4 is 17.2 Å². The molecule has 1 nitrogen and oxygen atoms in total. The van der Waals surface area contributed by atoms with Crippen LogP contribution >= 0.6 is 12.2 Å². The zero-order valence-corrected chi connectivity index (χ0v) is 7.95. The van der Waals surface area contributed by atoms with Crippen LogP contribution in [0.1, 0.15) is 13.8 Å². The van der Waals surface area contributed by atoms with E-state index in [9.17, 15) is 0 Å². The molecule has 0 saturated carbocycles. The molecule has 62 valence electrons. The van der Waals surface area contributed by atoms with Crippen LogP contribution in [0.5, 0.6) is 0 Å². The average Bonchev–Trinajstić information content (AvgIpc) is 2.03. The first-order valence-electron chi connectivity index (χ1n) is 3.47. The monoisotopic (exact) mass is 169 g/mol. The smallest absolute Gasteiger partial charge is 0.103 e. The highest BCUT2D eigenvalue weighted by Gasteiger charge is 1.89. The van der Waals surface area contributed by atoms with Gasteiger partial charge in [-0.2, -0.15) is 0 Å². The highest BCUT2D eigenvalue weighted by molar-refractivity contribution is 7.80. The Hall–Kier alpha value is -0.890. The van der Waals surface area contributed by atoms with Crippen LogP contribution in [0, 0.1) is 0 Å². The first-order valence-corrected chi connectivity index (χ1v) is 3.88. The third-order valence-corrected chi connectivity index (χ3v) is 1.04. The molecule has 0 aromatic heterocycles. The summed E-state index contributed by atoms with van der Waals surface area (Å²) < 4.78 is 0. The van der Waals surface area contributed by atoms with Gasteiger partial charge in [0.15, 0.2) is 0 Å². The van der Waals surface area contributed by atoms with E-state index in [0.717, 1.165) is 5.57 Å². The van der Waals surface area contributed by atoms with Crippen molar-refractivity contribution in [3.8, 4) is 0 Å². The number of rotatable bonds is 3. The lowest BCUT2D eigenvalue weighted by molar-refractivity contribution is 1.50. The Bertz CT molecular complexity index is 168. The molecule has 0 aliphatic carbocycles. The van der Waals surface area contributed by atoms with Crippen LogP contribution in [0.15, 0.2) is 37.0 Å². The Balaban J connectivity index is 0. The van der Waals surface area contributed by atoms with E-state index in [1.54, 1.807) is 18.2 Å². The molecule has 0 fully saturated rings. The summed E-state index contributed by atoms with van der Waals surface area (Å²) in [6, 6.07) is 0. The van der Waals surface area contributed by atoms with Crippen molar-refractivity contribution in [1.82, 2.24) is 0 Å². The minimum Gasteiger partial charge on any atom is -0.389 e. The third-order valence-electron chi connectivity index (χ3n) is 0.802. The first kappa shape index (κ1) is 12.8. The maximum Gasteiger partial charge on any atom is 0.103 e. The molecule has 0 atom stereocenters. The molecule has 0 radical (unpaired) electrons. The molecule has 0 saturated heterocycles. The third kappa shape index (κ3) is 7.00. The van der Waals surface area contributed by atoms with Gasteiger partial charge < -0.3 is 5.73 Å². The predicted molar refractivity (Wildman–Crippen MR) is 56.6 cm³/mol. The fourth-order valence-electron chi connectivity index (χ4n) is 0.378. The van der Waals surface area contributed by atoms with E-state index in [2.05, 4.69) is 25.4 Å². The number of thiocarbonyl (C=S) groups is 1. The molecule has 11 heavy (non-hydrogen) atoms. The molecule has 2 N–H and O–H groups in total. The Labute approximate surface area is 74.3 Å². The summed E-state index contributed by atoms with van der Waals surface area (Å²) in [5.41, 5.74) is 6.03. The molecule has 0 spiro atoms. The van der Waals surface area contributed by atoms with Crippen molar-refractivity contribution in [1.29, 1.82) is 0 Å². The number of hydrogen-bond donors (Lipinski definition) is 1. The summed E-state index contributed by atoms with van der Waals surface area (Å²) in [5.74, 6) is 0. The van der Waals surface area contributed by atoms with E-state index >= 15 is 0 Å². The lowest BCUT2D eigenvalue weighted by Gasteiger charge is -1.92. The summed E-state index contributed by atoms with van der Waals surface area (Å²) in [4.78, 5) is 0.352. The molecule has 0 unspecified atom stereocenters. The van der Waals surface area contributed by atoms with Gasteiger partial charge >= 0.3 is 0 Å². The van der Waals surface area contributed by atoms with Gasteiger partial charge in [0.2, 0.25) is 0 Å². The van der Waals surface area contributed by atoms with E-state index in [-0.39, 0.29) is 0 Å². The van der Waals surface area contributed by atoms with Gasteiger partial charge in [0.25, 0.3) is 0 Å². The highest BCUT2D eigenvalue weighted by atomic mass is 32.1. The van der Waals surface area contributed by atoms with Crippen molar-refractivity contribution in [2.24, 2.45) is 5.73 Å². The van der Waals surface area contributed by atoms with Crippen molar-refractivity contribution in [2.45, 2.75) is 13.8 Å². The molecule has 0 rings (SSSR count). The van der Waals surface area contributed by atoms with E-state index in [1.807, 2.05) is 13.8 Å². The SMILES string of the molecule is C=C/C=C(\C=C)C(N)=S.CC. The van der Waals surface area contributed by atoms with Gasteiger partial charge in [0, 0.05) is 5.57 Å².